The molecule has 1 atom stereocenters. The lowest BCUT2D eigenvalue weighted by Crippen LogP contribution is -2.27. The summed E-state index contributed by atoms with van der Waals surface area (Å²) in [5, 5.41) is 0. The van der Waals surface area contributed by atoms with Crippen molar-refractivity contribution in [3.63, 3.8) is 0 Å². The molecule has 0 amide bonds. The highest BCUT2D eigenvalue weighted by atomic mass is 32.3. The minimum absolute atomic E-state index is 0.114. The smallest absolute Gasteiger partial charge is 0.221 e. The molecule has 0 aromatic carbocycles. The normalized spacial score (nSPS) is 13.6. The molecule has 0 aliphatic carbocycles. The van der Waals surface area contributed by atoms with Crippen molar-refractivity contribution >= 4 is 21.3 Å². The maximum atomic E-state index is 11.2. The zero-order valence-corrected chi connectivity index (χ0v) is 13.4. The van der Waals surface area contributed by atoms with Crippen LogP contribution in [0.2, 0.25) is 0 Å². The summed E-state index contributed by atoms with van der Waals surface area (Å²) in [5.41, 5.74) is 0. The first-order valence-electron chi connectivity index (χ1n) is 7.07. The SMILES string of the molecule is CCCCCCCCCCCCS(=O)(=O)NS(=O)[O-]. The molecule has 0 aromatic heterocycles. The fourth-order valence-electron chi connectivity index (χ4n) is 1.92. The Labute approximate surface area is 120 Å². The van der Waals surface area contributed by atoms with Gasteiger partial charge in [-0.3, -0.25) is 4.21 Å². The summed E-state index contributed by atoms with van der Waals surface area (Å²) >= 11 is -2.74. The molecular weight excluding hydrogens is 286 g/mol. The number of rotatable bonds is 13. The van der Waals surface area contributed by atoms with Crippen molar-refractivity contribution in [2.24, 2.45) is 0 Å². The van der Waals surface area contributed by atoms with Gasteiger partial charge in [0.05, 0.1) is 5.75 Å². The van der Waals surface area contributed by atoms with Crippen molar-refractivity contribution in [1.82, 2.24) is 4.13 Å². The van der Waals surface area contributed by atoms with E-state index in [4.69, 9.17) is 0 Å². The van der Waals surface area contributed by atoms with E-state index in [9.17, 15) is 17.2 Å². The lowest BCUT2D eigenvalue weighted by Gasteiger charge is -2.08. The van der Waals surface area contributed by atoms with Gasteiger partial charge in [-0.2, -0.15) is 0 Å². The molecule has 0 radical (unpaired) electrons. The Kier molecular flexibility index (Phi) is 11.8. The fraction of sp³-hybridized carbons (Fsp3) is 1.00. The van der Waals surface area contributed by atoms with Crippen LogP contribution in [0.25, 0.3) is 0 Å². The third kappa shape index (κ3) is 14.2. The number of sulfonamides is 1. The van der Waals surface area contributed by atoms with E-state index >= 15 is 0 Å². The zero-order valence-electron chi connectivity index (χ0n) is 11.7. The van der Waals surface area contributed by atoms with Crippen molar-refractivity contribution in [2.75, 3.05) is 5.75 Å². The van der Waals surface area contributed by atoms with E-state index < -0.39 is 21.3 Å². The molecule has 5 nitrogen and oxygen atoms in total. The monoisotopic (exact) mass is 312 g/mol. The first-order valence-corrected chi connectivity index (χ1v) is 9.80. The van der Waals surface area contributed by atoms with Crippen LogP contribution in [0.5, 0.6) is 0 Å². The van der Waals surface area contributed by atoms with Gasteiger partial charge in [-0.15, -0.1) is 4.13 Å². The maximum absolute atomic E-state index is 11.2. The first-order chi connectivity index (χ1) is 8.98. The van der Waals surface area contributed by atoms with Crippen LogP contribution in [-0.2, 0) is 21.3 Å². The Hall–Kier alpha value is 0.0200. The van der Waals surface area contributed by atoms with Crippen LogP contribution in [0.3, 0.4) is 0 Å². The summed E-state index contributed by atoms with van der Waals surface area (Å²) in [6.45, 7) is 2.20. The lowest BCUT2D eigenvalue weighted by atomic mass is 10.1. The second-order valence-electron chi connectivity index (χ2n) is 4.82. The lowest BCUT2D eigenvalue weighted by molar-refractivity contribution is 0.528. The Morgan fingerprint density at radius 3 is 1.74 bits per heavy atom. The zero-order chi connectivity index (χ0) is 14.6. The largest absolute Gasteiger partial charge is 0.759 e. The van der Waals surface area contributed by atoms with Crippen LogP contribution in [-0.4, -0.2) is 22.9 Å². The molecule has 19 heavy (non-hydrogen) atoms. The van der Waals surface area contributed by atoms with E-state index in [0.717, 1.165) is 19.3 Å². The molecule has 1 unspecified atom stereocenters. The highest BCUT2D eigenvalue weighted by Gasteiger charge is 2.08. The molecule has 0 aliphatic rings. The van der Waals surface area contributed by atoms with Gasteiger partial charge < -0.3 is 4.55 Å². The molecule has 0 saturated carbocycles. The van der Waals surface area contributed by atoms with Crippen molar-refractivity contribution in [2.45, 2.75) is 71.1 Å². The standard InChI is InChI=1S/C12H27NO4S2/c1-2-3-4-5-6-7-8-9-10-11-12-19(16,17)13-18(14)15/h13H,2-12H2,1H3,(H,14,15)/p-1. The van der Waals surface area contributed by atoms with Gasteiger partial charge in [-0.25, -0.2) is 8.42 Å². The quantitative estimate of drug-likeness (QED) is 0.418. The average molecular weight is 312 g/mol. The predicted octanol–water partition coefficient (Wildman–Crippen LogP) is 2.62. The van der Waals surface area contributed by atoms with Crippen LogP contribution in [0.1, 0.15) is 71.1 Å². The van der Waals surface area contributed by atoms with E-state index in [0.29, 0.717) is 6.42 Å². The molecule has 0 heterocycles. The van der Waals surface area contributed by atoms with Gasteiger partial charge in [-0.1, -0.05) is 64.7 Å². The molecule has 116 valence electrons. The van der Waals surface area contributed by atoms with E-state index in [1.54, 1.807) is 0 Å². The van der Waals surface area contributed by atoms with Gasteiger partial charge in [0.1, 0.15) is 0 Å². The van der Waals surface area contributed by atoms with Gasteiger partial charge >= 0.3 is 0 Å². The minimum Gasteiger partial charge on any atom is -0.759 e. The van der Waals surface area contributed by atoms with Gasteiger partial charge in [0.25, 0.3) is 0 Å². The molecule has 0 fully saturated rings. The number of unbranched alkanes of at least 4 members (excludes halogenated alkanes) is 9. The van der Waals surface area contributed by atoms with Crippen LogP contribution < -0.4 is 4.13 Å². The summed E-state index contributed by atoms with van der Waals surface area (Å²) < 4.78 is 44.3. The molecule has 0 saturated heterocycles. The third-order valence-corrected chi connectivity index (χ3v) is 5.35. The summed E-state index contributed by atoms with van der Waals surface area (Å²) in [4.78, 5) is 0. The molecule has 7 heteroatoms. The number of hydrogen-bond donors (Lipinski definition) is 1. The minimum atomic E-state index is -3.65. The number of hydrogen-bond acceptors (Lipinski definition) is 4. The van der Waals surface area contributed by atoms with Gasteiger partial charge in [0, 0.05) is 11.3 Å². The molecule has 0 aliphatic heterocycles. The van der Waals surface area contributed by atoms with Crippen molar-refractivity contribution in [1.29, 1.82) is 0 Å². The molecule has 0 bridgehead atoms. The summed E-state index contributed by atoms with van der Waals surface area (Å²) in [7, 11) is -3.65. The third-order valence-electron chi connectivity index (χ3n) is 2.96. The topological polar surface area (TPSA) is 86.3 Å². The maximum Gasteiger partial charge on any atom is 0.221 e. The number of nitrogens with one attached hydrogen (secondary N) is 1. The van der Waals surface area contributed by atoms with Crippen molar-refractivity contribution in [3.05, 3.63) is 0 Å². The van der Waals surface area contributed by atoms with E-state index in [2.05, 4.69) is 6.92 Å². The summed E-state index contributed by atoms with van der Waals surface area (Å²) in [6, 6.07) is 0. The Bertz CT molecular complexity index is 331. The predicted molar refractivity (Wildman–Crippen MR) is 77.7 cm³/mol. The Morgan fingerprint density at radius 1 is 0.895 bits per heavy atom. The van der Waals surface area contributed by atoms with Crippen LogP contribution in [0.4, 0.5) is 0 Å². The van der Waals surface area contributed by atoms with Crippen LogP contribution in [0.15, 0.2) is 0 Å². The Balaban J connectivity index is 3.34. The van der Waals surface area contributed by atoms with Crippen molar-refractivity contribution < 1.29 is 17.2 Å². The van der Waals surface area contributed by atoms with E-state index in [-0.39, 0.29) is 5.75 Å². The van der Waals surface area contributed by atoms with Gasteiger partial charge in [-0.05, 0) is 6.42 Å². The van der Waals surface area contributed by atoms with Gasteiger partial charge in [0.2, 0.25) is 10.0 Å². The summed E-state index contributed by atoms with van der Waals surface area (Å²) in [5.74, 6) is -0.114. The highest BCUT2D eigenvalue weighted by molar-refractivity contribution is 7.99. The molecule has 0 rings (SSSR count). The van der Waals surface area contributed by atoms with Crippen LogP contribution in [0, 0.1) is 0 Å². The fourth-order valence-corrected chi connectivity index (χ4v) is 3.67. The second kappa shape index (κ2) is 11.8. The van der Waals surface area contributed by atoms with E-state index in [1.807, 2.05) is 0 Å². The van der Waals surface area contributed by atoms with Gasteiger partial charge in [0.15, 0.2) is 0 Å². The Morgan fingerprint density at radius 2 is 1.32 bits per heavy atom. The molecular formula is C12H26NO4S2-. The summed E-state index contributed by atoms with van der Waals surface area (Å²) in [6.07, 6.45) is 11.1. The van der Waals surface area contributed by atoms with E-state index in [1.165, 1.54) is 42.7 Å². The second-order valence-corrected chi connectivity index (χ2v) is 7.59. The van der Waals surface area contributed by atoms with Crippen molar-refractivity contribution in [3.8, 4) is 0 Å². The highest BCUT2D eigenvalue weighted by Crippen LogP contribution is 2.10. The molecule has 0 spiro atoms. The van der Waals surface area contributed by atoms with Crippen LogP contribution >= 0.6 is 0 Å². The molecule has 1 N–H and O–H groups in total. The molecule has 0 aromatic rings. The average Bonchev–Trinajstić information content (AvgIpc) is 2.30. The first kappa shape index (κ1) is 19.0.